The molecule has 1 heterocycles. The first-order valence-electron chi connectivity index (χ1n) is 5.86. The van der Waals surface area contributed by atoms with Crippen LogP contribution in [-0.4, -0.2) is 66.5 Å². The molecule has 1 saturated heterocycles. The highest BCUT2D eigenvalue weighted by Crippen LogP contribution is 2.20. The highest BCUT2D eigenvalue weighted by molar-refractivity contribution is 5.83. The van der Waals surface area contributed by atoms with E-state index in [4.69, 9.17) is 5.11 Å². The van der Waals surface area contributed by atoms with Gasteiger partial charge in [0.25, 0.3) is 0 Å². The van der Waals surface area contributed by atoms with E-state index >= 15 is 0 Å². The molecule has 0 bridgehead atoms. The summed E-state index contributed by atoms with van der Waals surface area (Å²) in [6.07, 6.45) is 0.787. The van der Waals surface area contributed by atoms with Crippen LogP contribution in [0.25, 0.3) is 0 Å². The number of carboxylic acids is 1. The topological polar surface area (TPSA) is 90.0 Å². The molecule has 1 unspecified atom stereocenters. The van der Waals surface area contributed by atoms with Gasteiger partial charge in [-0.1, -0.05) is 0 Å². The monoisotopic (exact) mass is 257 g/mol. The van der Waals surface area contributed by atoms with E-state index in [-0.39, 0.29) is 30.8 Å². The molecule has 7 heteroatoms. The number of hydrogen-bond donors (Lipinski definition) is 2. The van der Waals surface area contributed by atoms with Crippen molar-refractivity contribution in [2.45, 2.75) is 12.8 Å². The summed E-state index contributed by atoms with van der Waals surface area (Å²) in [5, 5.41) is 11.1. The molecule has 3 amide bonds. The van der Waals surface area contributed by atoms with Gasteiger partial charge in [-0.25, -0.2) is 4.79 Å². The summed E-state index contributed by atoms with van der Waals surface area (Å²) < 4.78 is 0. The molecule has 1 atom stereocenters. The van der Waals surface area contributed by atoms with E-state index in [2.05, 4.69) is 5.32 Å². The van der Waals surface area contributed by atoms with Crippen molar-refractivity contribution in [2.75, 3.05) is 33.7 Å². The molecule has 0 aromatic heterocycles. The summed E-state index contributed by atoms with van der Waals surface area (Å²) in [5.41, 5.74) is 0. The third kappa shape index (κ3) is 3.90. The third-order valence-electron chi connectivity index (χ3n) is 3.01. The van der Waals surface area contributed by atoms with Gasteiger partial charge in [0.05, 0.1) is 0 Å². The Kier molecular flexibility index (Phi) is 4.94. The van der Waals surface area contributed by atoms with Crippen LogP contribution in [0.5, 0.6) is 0 Å². The predicted octanol–water partition coefficient (Wildman–Crippen LogP) is -0.419. The fourth-order valence-corrected chi connectivity index (χ4v) is 2.02. The predicted molar refractivity (Wildman–Crippen MR) is 64.0 cm³/mol. The lowest BCUT2D eigenvalue weighted by Crippen LogP contribution is -2.44. The van der Waals surface area contributed by atoms with Gasteiger partial charge in [-0.15, -0.1) is 0 Å². The summed E-state index contributed by atoms with van der Waals surface area (Å²) in [6.45, 7) is 1.01. The number of likely N-dealkylation sites (N-methyl/N-ethyl adjacent to an activating group) is 2. The first kappa shape index (κ1) is 14.3. The standard InChI is InChI=1S/C11H19N3O4/c1-12-9(15)7-13(2)11(18)14-4-3-8(6-14)5-10(16)17/h8H,3-7H2,1-2H3,(H,12,15)(H,16,17). The molecule has 0 aliphatic carbocycles. The number of nitrogens with zero attached hydrogens (tertiary/aromatic N) is 2. The van der Waals surface area contributed by atoms with Gasteiger partial charge in [0, 0.05) is 33.6 Å². The lowest BCUT2D eigenvalue weighted by Gasteiger charge is -2.24. The van der Waals surface area contributed by atoms with Crippen LogP contribution < -0.4 is 5.32 Å². The van der Waals surface area contributed by atoms with E-state index < -0.39 is 5.97 Å². The second-order valence-corrected chi connectivity index (χ2v) is 4.51. The largest absolute Gasteiger partial charge is 0.481 e. The molecule has 0 aromatic carbocycles. The van der Waals surface area contributed by atoms with Crippen molar-refractivity contribution in [3.8, 4) is 0 Å². The van der Waals surface area contributed by atoms with E-state index in [1.807, 2.05) is 0 Å². The zero-order valence-electron chi connectivity index (χ0n) is 10.7. The van der Waals surface area contributed by atoms with Gasteiger partial charge in [0.15, 0.2) is 0 Å². The average Bonchev–Trinajstić information content (AvgIpc) is 2.75. The van der Waals surface area contributed by atoms with Crippen molar-refractivity contribution in [1.82, 2.24) is 15.1 Å². The van der Waals surface area contributed by atoms with Gasteiger partial charge in [-0.3, -0.25) is 9.59 Å². The highest BCUT2D eigenvalue weighted by Gasteiger charge is 2.29. The number of carbonyl (C=O) groups excluding carboxylic acids is 2. The fraction of sp³-hybridized carbons (Fsp3) is 0.727. The first-order valence-corrected chi connectivity index (χ1v) is 5.86. The minimum absolute atomic E-state index is 0.00936. The maximum atomic E-state index is 12.0. The van der Waals surface area contributed by atoms with Gasteiger partial charge in [-0.05, 0) is 12.3 Å². The van der Waals surface area contributed by atoms with Crippen LogP contribution in [0.2, 0.25) is 0 Å². The lowest BCUT2D eigenvalue weighted by molar-refractivity contribution is -0.138. The molecule has 102 valence electrons. The van der Waals surface area contributed by atoms with Crippen LogP contribution >= 0.6 is 0 Å². The minimum Gasteiger partial charge on any atom is -0.481 e. The highest BCUT2D eigenvalue weighted by atomic mass is 16.4. The molecule has 0 radical (unpaired) electrons. The Labute approximate surface area is 106 Å². The molecule has 1 rings (SSSR count). The van der Waals surface area contributed by atoms with E-state index in [1.54, 1.807) is 11.9 Å². The number of carboxylic acid groups (broad SMARTS) is 1. The number of rotatable bonds is 4. The smallest absolute Gasteiger partial charge is 0.320 e. The molecule has 2 N–H and O–H groups in total. The summed E-state index contributed by atoms with van der Waals surface area (Å²) >= 11 is 0. The molecule has 0 spiro atoms. The summed E-state index contributed by atoms with van der Waals surface area (Å²) in [5.74, 6) is -1.06. The molecule has 1 aliphatic rings. The van der Waals surface area contributed by atoms with Crippen LogP contribution in [0.15, 0.2) is 0 Å². The fourth-order valence-electron chi connectivity index (χ4n) is 2.02. The lowest BCUT2D eigenvalue weighted by atomic mass is 10.1. The van der Waals surface area contributed by atoms with Crippen molar-refractivity contribution in [1.29, 1.82) is 0 Å². The number of amides is 3. The minimum atomic E-state index is -0.840. The quantitative estimate of drug-likeness (QED) is 0.716. The van der Waals surface area contributed by atoms with Crippen LogP contribution in [-0.2, 0) is 9.59 Å². The molecule has 1 aliphatic heterocycles. The zero-order valence-corrected chi connectivity index (χ0v) is 10.7. The normalized spacial score (nSPS) is 18.6. The summed E-state index contributed by atoms with van der Waals surface area (Å²) in [4.78, 5) is 36.6. The number of likely N-dealkylation sites (tertiary alicyclic amines) is 1. The number of hydrogen-bond acceptors (Lipinski definition) is 3. The van der Waals surface area contributed by atoms with Crippen molar-refractivity contribution < 1.29 is 19.5 Å². The van der Waals surface area contributed by atoms with Gasteiger partial charge >= 0.3 is 12.0 Å². The van der Waals surface area contributed by atoms with Crippen LogP contribution in [0.4, 0.5) is 4.79 Å². The molecular formula is C11H19N3O4. The second kappa shape index (κ2) is 6.23. The maximum absolute atomic E-state index is 12.0. The third-order valence-corrected chi connectivity index (χ3v) is 3.01. The summed E-state index contributed by atoms with van der Waals surface area (Å²) in [7, 11) is 3.07. The number of nitrogens with one attached hydrogen (secondary N) is 1. The zero-order chi connectivity index (χ0) is 13.7. The number of aliphatic carboxylic acids is 1. The molecule has 0 saturated carbocycles. The second-order valence-electron chi connectivity index (χ2n) is 4.51. The number of urea groups is 1. The average molecular weight is 257 g/mol. The van der Waals surface area contributed by atoms with E-state index in [0.29, 0.717) is 19.5 Å². The molecular weight excluding hydrogens is 238 g/mol. The van der Waals surface area contributed by atoms with Gasteiger partial charge in [0.2, 0.25) is 5.91 Å². The van der Waals surface area contributed by atoms with Crippen molar-refractivity contribution in [3.05, 3.63) is 0 Å². The van der Waals surface area contributed by atoms with Crippen molar-refractivity contribution in [2.24, 2.45) is 5.92 Å². The summed E-state index contributed by atoms with van der Waals surface area (Å²) in [6, 6.07) is -0.230. The molecule has 0 aromatic rings. The molecule has 1 fully saturated rings. The Hall–Kier alpha value is -1.79. The van der Waals surface area contributed by atoms with Crippen molar-refractivity contribution >= 4 is 17.9 Å². The Balaban J connectivity index is 2.44. The van der Waals surface area contributed by atoms with Crippen LogP contribution in [0, 0.1) is 5.92 Å². The van der Waals surface area contributed by atoms with E-state index in [9.17, 15) is 14.4 Å². The van der Waals surface area contributed by atoms with Crippen LogP contribution in [0.1, 0.15) is 12.8 Å². The van der Waals surface area contributed by atoms with E-state index in [0.717, 1.165) is 0 Å². The first-order chi connectivity index (χ1) is 8.43. The van der Waals surface area contributed by atoms with Gasteiger partial charge in [0.1, 0.15) is 6.54 Å². The molecule has 7 nitrogen and oxygen atoms in total. The Morgan fingerprint density at radius 1 is 1.44 bits per heavy atom. The Morgan fingerprint density at radius 2 is 2.11 bits per heavy atom. The Bertz CT molecular complexity index is 345. The van der Waals surface area contributed by atoms with Crippen LogP contribution in [0.3, 0.4) is 0 Å². The Morgan fingerprint density at radius 3 is 2.67 bits per heavy atom. The van der Waals surface area contributed by atoms with Gasteiger partial charge in [-0.2, -0.15) is 0 Å². The maximum Gasteiger partial charge on any atom is 0.320 e. The number of carbonyl (C=O) groups is 3. The van der Waals surface area contributed by atoms with Gasteiger partial charge < -0.3 is 20.2 Å². The van der Waals surface area contributed by atoms with E-state index in [1.165, 1.54) is 11.9 Å². The molecule has 18 heavy (non-hydrogen) atoms. The SMILES string of the molecule is CNC(=O)CN(C)C(=O)N1CCC(CC(=O)O)C1. The van der Waals surface area contributed by atoms with Crippen molar-refractivity contribution in [3.63, 3.8) is 0 Å².